The van der Waals surface area contributed by atoms with Crippen LogP contribution < -0.4 is 4.72 Å². The van der Waals surface area contributed by atoms with Crippen LogP contribution in [0.4, 0.5) is 0 Å². The van der Waals surface area contributed by atoms with E-state index in [0.29, 0.717) is 12.2 Å². The van der Waals surface area contributed by atoms with E-state index in [1.54, 1.807) is 0 Å². The van der Waals surface area contributed by atoms with Crippen molar-refractivity contribution < 1.29 is 8.42 Å². The number of hydrogen-bond donors (Lipinski definition) is 2. The van der Waals surface area contributed by atoms with E-state index in [1.165, 1.54) is 6.20 Å². The van der Waals surface area contributed by atoms with Crippen molar-refractivity contribution in [2.75, 3.05) is 0 Å². The predicted octanol–water partition coefficient (Wildman–Crippen LogP) is 2.63. The second-order valence-electron chi connectivity index (χ2n) is 5.25. The molecule has 21 heavy (non-hydrogen) atoms. The minimum Gasteiger partial charge on any atom is -0.332 e. The molecule has 2 rings (SSSR count). The van der Waals surface area contributed by atoms with Crippen LogP contribution in [-0.2, 0) is 16.4 Å². The summed E-state index contributed by atoms with van der Waals surface area (Å²) in [5.74, 6) is 0.662. The van der Waals surface area contributed by atoms with Crippen LogP contribution in [0.1, 0.15) is 42.4 Å². The van der Waals surface area contributed by atoms with Crippen molar-refractivity contribution in [3.8, 4) is 0 Å². The average Bonchev–Trinajstić information content (AvgIpc) is 2.87. The van der Waals surface area contributed by atoms with Gasteiger partial charge in [-0.25, -0.2) is 18.1 Å². The highest BCUT2D eigenvalue weighted by Crippen LogP contribution is 2.20. The van der Waals surface area contributed by atoms with Crippen molar-refractivity contribution >= 4 is 10.0 Å². The number of nitrogens with one attached hydrogen (secondary N) is 2. The van der Waals surface area contributed by atoms with Gasteiger partial charge >= 0.3 is 0 Å². The quantitative estimate of drug-likeness (QED) is 0.891. The van der Waals surface area contributed by atoms with Gasteiger partial charge in [-0.15, -0.1) is 0 Å². The van der Waals surface area contributed by atoms with Crippen molar-refractivity contribution in [1.29, 1.82) is 0 Å². The summed E-state index contributed by atoms with van der Waals surface area (Å²) in [4.78, 5) is 6.86. The van der Waals surface area contributed by atoms with E-state index in [2.05, 4.69) is 14.7 Å². The monoisotopic (exact) mass is 307 g/mol. The van der Waals surface area contributed by atoms with Crippen LogP contribution in [-0.4, -0.2) is 18.4 Å². The molecule has 114 valence electrons. The third-order valence-electron chi connectivity index (χ3n) is 3.45. The van der Waals surface area contributed by atoms with Gasteiger partial charge in [0.15, 0.2) is 5.03 Å². The van der Waals surface area contributed by atoms with E-state index in [-0.39, 0.29) is 11.1 Å². The molecule has 0 spiro atoms. The Hall–Kier alpha value is -1.66. The van der Waals surface area contributed by atoms with Crippen LogP contribution in [0, 0.1) is 13.8 Å². The van der Waals surface area contributed by atoms with E-state index < -0.39 is 10.0 Å². The van der Waals surface area contributed by atoms with Gasteiger partial charge in [-0.3, -0.25) is 0 Å². The lowest BCUT2D eigenvalue weighted by atomic mass is 10.0. The lowest BCUT2D eigenvalue weighted by molar-refractivity contribution is 0.563. The lowest BCUT2D eigenvalue weighted by Crippen LogP contribution is -2.27. The van der Waals surface area contributed by atoms with E-state index in [9.17, 15) is 8.42 Å². The van der Waals surface area contributed by atoms with Crippen LogP contribution in [0.3, 0.4) is 0 Å². The van der Waals surface area contributed by atoms with Gasteiger partial charge in [0.2, 0.25) is 0 Å². The molecule has 2 aromatic rings. The fourth-order valence-corrected chi connectivity index (χ4v) is 3.49. The molecule has 0 aliphatic heterocycles. The van der Waals surface area contributed by atoms with Crippen molar-refractivity contribution in [3.05, 3.63) is 46.9 Å². The Morgan fingerprint density at radius 2 is 2.05 bits per heavy atom. The highest BCUT2D eigenvalue weighted by atomic mass is 32.2. The first-order valence-electron chi connectivity index (χ1n) is 6.97. The molecule has 0 aliphatic rings. The minimum atomic E-state index is -3.59. The second kappa shape index (κ2) is 5.99. The van der Waals surface area contributed by atoms with E-state index in [4.69, 9.17) is 0 Å². The maximum absolute atomic E-state index is 12.3. The normalized spacial score (nSPS) is 13.3. The van der Waals surface area contributed by atoms with Crippen LogP contribution in [0.15, 0.2) is 29.4 Å². The number of nitrogens with zero attached hydrogens (tertiary/aromatic N) is 1. The number of aryl methyl sites for hydroxylation is 3. The number of aromatic amines is 1. The van der Waals surface area contributed by atoms with E-state index in [0.717, 1.165) is 16.7 Å². The first-order valence-corrected chi connectivity index (χ1v) is 8.45. The predicted molar refractivity (Wildman–Crippen MR) is 82.6 cm³/mol. The molecule has 5 nitrogen and oxygen atoms in total. The summed E-state index contributed by atoms with van der Waals surface area (Å²) in [6, 6.07) is 5.69. The molecular formula is C15H21N3O2S. The molecule has 1 atom stereocenters. The summed E-state index contributed by atoms with van der Waals surface area (Å²) in [6.07, 6.45) is 2.03. The lowest BCUT2D eigenvalue weighted by Gasteiger charge is -2.16. The van der Waals surface area contributed by atoms with Crippen molar-refractivity contribution in [2.45, 2.75) is 45.2 Å². The first kappa shape index (κ1) is 15.7. The highest BCUT2D eigenvalue weighted by molar-refractivity contribution is 7.89. The standard InChI is InChI=1S/C15H21N3O2S/c1-5-14-16-9-15(17-14)21(19,20)18-12(4)13-7-6-10(2)8-11(13)3/h6-9,12,18H,5H2,1-4H3,(H,16,17). The fourth-order valence-electron chi connectivity index (χ4n) is 2.33. The van der Waals surface area contributed by atoms with Gasteiger partial charge < -0.3 is 4.98 Å². The van der Waals surface area contributed by atoms with Crippen molar-refractivity contribution in [3.63, 3.8) is 0 Å². The van der Waals surface area contributed by atoms with Gasteiger partial charge in [0.25, 0.3) is 10.0 Å². The molecule has 2 N–H and O–H groups in total. The SMILES string of the molecule is CCc1ncc(S(=O)(=O)NC(C)c2ccc(C)cc2C)[nH]1. The molecule has 6 heteroatoms. The summed E-state index contributed by atoms with van der Waals surface area (Å²) in [5, 5.41) is 0.107. The fraction of sp³-hybridized carbons (Fsp3) is 0.400. The number of sulfonamides is 1. The summed E-state index contributed by atoms with van der Waals surface area (Å²) in [5.41, 5.74) is 3.20. The molecule has 0 bridgehead atoms. The number of benzene rings is 1. The van der Waals surface area contributed by atoms with Crippen LogP contribution in [0.25, 0.3) is 0 Å². The van der Waals surface area contributed by atoms with Crippen molar-refractivity contribution in [2.24, 2.45) is 0 Å². The maximum atomic E-state index is 12.3. The Bertz CT molecular complexity index is 735. The van der Waals surface area contributed by atoms with Gasteiger partial charge in [-0.1, -0.05) is 30.7 Å². The van der Waals surface area contributed by atoms with Gasteiger partial charge in [-0.2, -0.15) is 0 Å². The largest absolute Gasteiger partial charge is 0.332 e. The Morgan fingerprint density at radius 1 is 1.33 bits per heavy atom. The van der Waals surface area contributed by atoms with E-state index >= 15 is 0 Å². The first-order chi connectivity index (χ1) is 9.83. The molecule has 0 saturated heterocycles. The second-order valence-corrected chi connectivity index (χ2v) is 6.93. The molecule has 0 amide bonds. The summed E-state index contributed by atoms with van der Waals surface area (Å²) < 4.78 is 27.4. The number of rotatable bonds is 5. The number of hydrogen-bond acceptors (Lipinski definition) is 3. The zero-order valence-corrected chi connectivity index (χ0v) is 13.6. The smallest absolute Gasteiger partial charge is 0.258 e. The Labute approximate surface area is 125 Å². The maximum Gasteiger partial charge on any atom is 0.258 e. The highest BCUT2D eigenvalue weighted by Gasteiger charge is 2.21. The Balaban J connectivity index is 2.23. The number of H-pyrrole nitrogens is 1. The summed E-state index contributed by atoms with van der Waals surface area (Å²) in [6.45, 7) is 7.76. The summed E-state index contributed by atoms with van der Waals surface area (Å²) in [7, 11) is -3.59. The van der Waals surface area contributed by atoms with Crippen LogP contribution in [0.2, 0.25) is 0 Å². The molecule has 1 unspecified atom stereocenters. The zero-order valence-electron chi connectivity index (χ0n) is 12.8. The molecule has 1 aromatic heterocycles. The minimum absolute atomic E-state index is 0.107. The third-order valence-corrected chi connectivity index (χ3v) is 4.90. The third kappa shape index (κ3) is 3.51. The van der Waals surface area contributed by atoms with Gasteiger partial charge in [0.1, 0.15) is 5.82 Å². The Morgan fingerprint density at radius 3 is 2.62 bits per heavy atom. The average molecular weight is 307 g/mol. The molecule has 1 heterocycles. The molecule has 0 aliphatic carbocycles. The molecule has 0 saturated carbocycles. The molecular weight excluding hydrogens is 286 g/mol. The molecule has 0 fully saturated rings. The Kier molecular flexibility index (Phi) is 4.49. The van der Waals surface area contributed by atoms with Gasteiger partial charge in [0, 0.05) is 12.5 Å². The van der Waals surface area contributed by atoms with Crippen LogP contribution >= 0.6 is 0 Å². The molecule has 0 radical (unpaired) electrons. The van der Waals surface area contributed by atoms with E-state index in [1.807, 2.05) is 45.9 Å². The van der Waals surface area contributed by atoms with Crippen molar-refractivity contribution in [1.82, 2.24) is 14.7 Å². The van der Waals surface area contributed by atoms with Gasteiger partial charge in [0.05, 0.1) is 6.20 Å². The van der Waals surface area contributed by atoms with Gasteiger partial charge in [-0.05, 0) is 31.9 Å². The molecule has 1 aromatic carbocycles. The summed E-state index contributed by atoms with van der Waals surface area (Å²) >= 11 is 0. The topological polar surface area (TPSA) is 74.8 Å². The van der Waals surface area contributed by atoms with Crippen LogP contribution in [0.5, 0.6) is 0 Å². The number of aromatic nitrogens is 2. The zero-order chi connectivity index (χ0) is 15.6. The number of imidazole rings is 1.